The van der Waals surface area contributed by atoms with Crippen LogP contribution in [0.15, 0.2) is 35.3 Å². The average molecular weight is 423 g/mol. The fraction of sp³-hybridized carbons (Fsp3) is 0.353. The number of hydrogen-bond acceptors (Lipinski definition) is 8. The third-order valence-electron chi connectivity index (χ3n) is 3.29. The summed E-state index contributed by atoms with van der Waals surface area (Å²) in [6, 6.07) is 5.43. The van der Waals surface area contributed by atoms with Crippen LogP contribution in [0.2, 0.25) is 0 Å². The van der Waals surface area contributed by atoms with Crippen LogP contribution < -0.4 is 4.90 Å². The third kappa shape index (κ3) is 5.22. The quantitative estimate of drug-likeness (QED) is 0.597. The molecular weight excluding hydrogens is 404 g/mol. The van der Waals surface area contributed by atoms with Crippen molar-refractivity contribution in [2.24, 2.45) is 0 Å². The number of rotatable bonds is 8. The van der Waals surface area contributed by atoms with E-state index in [0.29, 0.717) is 21.5 Å². The number of anilines is 1. The number of para-hydroxylation sites is 1. The molecule has 0 radical (unpaired) electrons. The van der Waals surface area contributed by atoms with Crippen molar-refractivity contribution in [3.63, 3.8) is 0 Å². The van der Waals surface area contributed by atoms with Crippen molar-refractivity contribution in [1.29, 1.82) is 0 Å². The normalized spacial score (nSPS) is 10.3. The second kappa shape index (κ2) is 9.81. The predicted molar refractivity (Wildman–Crippen MR) is 98.4 cm³/mol. The first-order valence-corrected chi connectivity index (χ1v) is 8.83. The molecule has 0 amide bonds. The standard InChI is InChI=1S/C17H19BrN4O4/c1-3-25-14(23)8-22(9-15(24)26-4-2)16-12(6-5-7-13(16)18)17-20-10-19-11-21-17/h5-7,10-11H,3-4,8-9H2,1-2H3. The van der Waals surface area contributed by atoms with Crippen LogP contribution in [-0.4, -0.2) is 53.2 Å². The Morgan fingerprint density at radius 3 is 2.15 bits per heavy atom. The summed E-state index contributed by atoms with van der Waals surface area (Å²) in [4.78, 5) is 37.8. The van der Waals surface area contributed by atoms with E-state index in [1.165, 1.54) is 12.7 Å². The zero-order valence-electron chi connectivity index (χ0n) is 14.5. The highest BCUT2D eigenvalue weighted by Crippen LogP contribution is 2.35. The van der Waals surface area contributed by atoms with Gasteiger partial charge in [-0.05, 0) is 41.9 Å². The van der Waals surface area contributed by atoms with Gasteiger partial charge in [0.05, 0.1) is 18.9 Å². The van der Waals surface area contributed by atoms with Crippen LogP contribution in [0, 0.1) is 0 Å². The SMILES string of the molecule is CCOC(=O)CN(CC(=O)OCC)c1c(Br)cccc1-c1ncncn1. The highest BCUT2D eigenvalue weighted by atomic mass is 79.9. The first-order chi connectivity index (χ1) is 12.6. The number of halogens is 1. The summed E-state index contributed by atoms with van der Waals surface area (Å²) in [6.45, 7) is 3.72. The number of carbonyl (C=O) groups excluding carboxylic acids is 2. The van der Waals surface area contributed by atoms with E-state index in [9.17, 15) is 9.59 Å². The van der Waals surface area contributed by atoms with Crippen LogP contribution in [0.25, 0.3) is 11.4 Å². The zero-order valence-corrected chi connectivity index (χ0v) is 16.1. The molecule has 0 aliphatic heterocycles. The smallest absolute Gasteiger partial charge is 0.325 e. The second-order valence-electron chi connectivity index (χ2n) is 5.06. The lowest BCUT2D eigenvalue weighted by molar-refractivity contribution is -0.142. The Bertz CT molecular complexity index is 738. The fourth-order valence-electron chi connectivity index (χ4n) is 2.33. The molecule has 0 bridgehead atoms. The Balaban J connectivity index is 2.45. The summed E-state index contributed by atoms with van der Waals surface area (Å²) in [6.07, 6.45) is 2.77. The van der Waals surface area contributed by atoms with E-state index in [0.717, 1.165) is 0 Å². The first kappa shape index (κ1) is 19.8. The highest BCUT2D eigenvalue weighted by molar-refractivity contribution is 9.10. The molecule has 0 saturated carbocycles. The number of carbonyl (C=O) groups is 2. The number of aromatic nitrogens is 3. The van der Waals surface area contributed by atoms with E-state index < -0.39 is 11.9 Å². The second-order valence-corrected chi connectivity index (χ2v) is 5.92. The van der Waals surface area contributed by atoms with Gasteiger partial charge >= 0.3 is 11.9 Å². The van der Waals surface area contributed by atoms with E-state index in [4.69, 9.17) is 9.47 Å². The molecule has 0 aliphatic rings. The van der Waals surface area contributed by atoms with Crippen molar-refractivity contribution < 1.29 is 19.1 Å². The molecule has 0 unspecified atom stereocenters. The minimum absolute atomic E-state index is 0.118. The molecule has 1 heterocycles. The molecule has 1 aromatic carbocycles. The molecule has 26 heavy (non-hydrogen) atoms. The molecule has 0 saturated heterocycles. The van der Waals surface area contributed by atoms with E-state index >= 15 is 0 Å². The van der Waals surface area contributed by atoms with Crippen molar-refractivity contribution in [2.45, 2.75) is 13.8 Å². The molecule has 0 fully saturated rings. The van der Waals surface area contributed by atoms with Gasteiger partial charge in [-0.1, -0.05) is 6.07 Å². The van der Waals surface area contributed by atoms with Gasteiger partial charge in [-0.2, -0.15) is 0 Å². The molecule has 2 rings (SSSR count). The minimum Gasteiger partial charge on any atom is -0.465 e. The third-order valence-corrected chi connectivity index (χ3v) is 3.93. The molecule has 0 N–H and O–H groups in total. The Morgan fingerprint density at radius 1 is 1.04 bits per heavy atom. The summed E-state index contributed by atoms with van der Waals surface area (Å²) in [5, 5.41) is 0. The molecule has 138 valence electrons. The molecular formula is C17H19BrN4O4. The van der Waals surface area contributed by atoms with Gasteiger partial charge in [-0.15, -0.1) is 0 Å². The maximum atomic E-state index is 12.1. The van der Waals surface area contributed by atoms with Gasteiger partial charge in [-0.25, -0.2) is 15.0 Å². The fourth-order valence-corrected chi connectivity index (χ4v) is 2.95. The first-order valence-electron chi connectivity index (χ1n) is 8.03. The van der Waals surface area contributed by atoms with Gasteiger partial charge in [-0.3, -0.25) is 9.59 Å². The van der Waals surface area contributed by atoms with Crippen molar-refractivity contribution >= 4 is 33.6 Å². The number of hydrogen-bond donors (Lipinski definition) is 0. The average Bonchev–Trinajstić information content (AvgIpc) is 2.62. The molecule has 0 spiro atoms. The monoisotopic (exact) mass is 422 g/mol. The molecule has 1 aromatic heterocycles. The maximum absolute atomic E-state index is 12.1. The van der Waals surface area contributed by atoms with Crippen molar-refractivity contribution in [1.82, 2.24) is 15.0 Å². The van der Waals surface area contributed by atoms with Gasteiger partial charge in [0.1, 0.15) is 25.7 Å². The Labute approximate surface area is 159 Å². The van der Waals surface area contributed by atoms with Crippen LogP contribution in [0.3, 0.4) is 0 Å². The lowest BCUT2D eigenvalue weighted by Gasteiger charge is -2.26. The van der Waals surface area contributed by atoms with Crippen LogP contribution >= 0.6 is 15.9 Å². The van der Waals surface area contributed by atoms with E-state index in [1.54, 1.807) is 24.8 Å². The predicted octanol–water partition coefficient (Wildman–Crippen LogP) is 2.23. The Morgan fingerprint density at radius 2 is 1.62 bits per heavy atom. The maximum Gasteiger partial charge on any atom is 0.325 e. The number of esters is 2. The summed E-state index contributed by atoms with van der Waals surface area (Å²) >= 11 is 3.49. The summed E-state index contributed by atoms with van der Waals surface area (Å²) in [5.41, 5.74) is 1.25. The van der Waals surface area contributed by atoms with E-state index in [1.807, 2.05) is 12.1 Å². The van der Waals surface area contributed by atoms with Crippen molar-refractivity contribution in [3.05, 3.63) is 35.3 Å². The molecule has 0 aliphatic carbocycles. The van der Waals surface area contributed by atoms with Crippen LogP contribution in [0.4, 0.5) is 5.69 Å². The van der Waals surface area contributed by atoms with Crippen LogP contribution in [0.1, 0.15) is 13.8 Å². The van der Waals surface area contributed by atoms with Gasteiger partial charge in [0.15, 0.2) is 5.82 Å². The van der Waals surface area contributed by atoms with E-state index in [-0.39, 0.29) is 26.3 Å². The number of nitrogens with zero attached hydrogens (tertiary/aromatic N) is 4. The zero-order chi connectivity index (χ0) is 18.9. The Hall–Kier alpha value is -2.55. The number of ether oxygens (including phenoxy) is 2. The van der Waals surface area contributed by atoms with Crippen LogP contribution in [0.5, 0.6) is 0 Å². The lowest BCUT2D eigenvalue weighted by Crippen LogP contribution is -2.37. The van der Waals surface area contributed by atoms with Crippen LogP contribution in [-0.2, 0) is 19.1 Å². The minimum atomic E-state index is -0.450. The Kier molecular flexibility index (Phi) is 7.46. The van der Waals surface area contributed by atoms with Crippen molar-refractivity contribution in [3.8, 4) is 11.4 Å². The summed E-state index contributed by atoms with van der Waals surface area (Å²) < 4.78 is 10.7. The van der Waals surface area contributed by atoms with Gasteiger partial charge in [0, 0.05) is 10.0 Å². The van der Waals surface area contributed by atoms with Gasteiger partial charge in [0.25, 0.3) is 0 Å². The molecule has 2 aromatic rings. The van der Waals surface area contributed by atoms with Crippen molar-refractivity contribution in [2.75, 3.05) is 31.2 Å². The lowest BCUT2D eigenvalue weighted by atomic mass is 10.1. The topological polar surface area (TPSA) is 94.5 Å². The largest absolute Gasteiger partial charge is 0.465 e. The molecule has 8 nitrogen and oxygen atoms in total. The molecule has 0 atom stereocenters. The summed E-state index contributed by atoms with van der Waals surface area (Å²) in [5.74, 6) is -0.475. The molecule has 9 heteroatoms. The number of benzene rings is 1. The van der Waals surface area contributed by atoms with Gasteiger partial charge < -0.3 is 14.4 Å². The summed E-state index contributed by atoms with van der Waals surface area (Å²) in [7, 11) is 0. The van der Waals surface area contributed by atoms with Gasteiger partial charge in [0.2, 0.25) is 0 Å². The highest BCUT2D eigenvalue weighted by Gasteiger charge is 2.23. The van der Waals surface area contributed by atoms with E-state index in [2.05, 4.69) is 30.9 Å².